The van der Waals surface area contributed by atoms with Gasteiger partial charge in [-0.05, 0) is 60.0 Å². The molecule has 0 bridgehead atoms. The van der Waals surface area contributed by atoms with Gasteiger partial charge in [-0.1, -0.05) is 0 Å². The van der Waals surface area contributed by atoms with Crippen molar-refractivity contribution in [2.75, 3.05) is 44.9 Å². The van der Waals surface area contributed by atoms with Crippen LogP contribution < -0.4 is 15.4 Å². The smallest absolute Gasteiger partial charge is 0.239 e. The number of rotatable bonds is 6. The van der Waals surface area contributed by atoms with E-state index in [4.69, 9.17) is 10.5 Å². The predicted molar refractivity (Wildman–Crippen MR) is 85.5 cm³/mol. The van der Waals surface area contributed by atoms with Crippen LogP contribution in [0.25, 0.3) is 0 Å². The second kappa shape index (κ2) is 6.79. The molecule has 20 heavy (non-hydrogen) atoms. The molecule has 1 rings (SSSR count). The first-order chi connectivity index (χ1) is 9.19. The van der Waals surface area contributed by atoms with Gasteiger partial charge in [0.05, 0.1) is 5.69 Å². The van der Waals surface area contributed by atoms with Crippen LogP contribution in [0.4, 0.5) is 11.5 Å². The number of nitrogen functional groups attached to an aromatic ring is 1. The molecular formula is C15H28N4O. The topological polar surface area (TPSA) is 54.6 Å². The van der Waals surface area contributed by atoms with Crippen molar-refractivity contribution in [1.82, 2.24) is 9.88 Å². The van der Waals surface area contributed by atoms with Crippen molar-refractivity contribution in [3.63, 3.8) is 0 Å². The van der Waals surface area contributed by atoms with E-state index in [0.717, 1.165) is 25.3 Å². The monoisotopic (exact) mass is 280 g/mol. The van der Waals surface area contributed by atoms with Crippen LogP contribution in [0.3, 0.4) is 0 Å². The molecule has 0 aliphatic rings. The first kappa shape index (κ1) is 16.6. The molecule has 0 aliphatic heterocycles. The SMILES string of the molecule is CN(C)CCCN(C)c1ccc(N)c(OC(C)(C)C)n1. The molecule has 0 aliphatic carbocycles. The molecule has 0 amide bonds. The lowest BCUT2D eigenvalue weighted by atomic mass is 10.2. The van der Waals surface area contributed by atoms with Gasteiger partial charge in [-0.3, -0.25) is 0 Å². The molecule has 1 aromatic heterocycles. The van der Waals surface area contributed by atoms with Crippen LogP contribution in [0.2, 0.25) is 0 Å². The average Bonchev–Trinajstić information content (AvgIpc) is 2.29. The summed E-state index contributed by atoms with van der Waals surface area (Å²) >= 11 is 0. The fourth-order valence-electron chi connectivity index (χ4n) is 1.76. The zero-order chi connectivity index (χ0) is 15.3. The Bertz CT molecular complexity index is 426. The number of pyridine rings is 1. The molecule has 5 nitrogen and oxygen atoms in total. The van der Waals surface area contributed by atoms with Crippen molar-refractivity contribution < 1.29 is 4.74 Å². The third-order valence-corrected chi connectivity index (χ3v) is 2.77. The first-order valence-corrected chi connectivity index (χ1v) is 7.00. The fraction of sp³-hybridized carbons (Fsp3) is 0.667. The van der Waals surface area contributed by atoms with Gasteiger partial charge in [-0.25, -0.2) is 0 Å². The summed E-state index contributed by atoms with van der Waals surface area (Å²) in [6.07, 6.45) is 1.09. The van der Waals surface area contributed by atoms with Crippen LogP contribution in [-0.2, 0) is 0 Å². The van der Waals surface area contributed by atoms with Crippen molar-refractivity contribution in [1.29, 1.82) is 0 Å². The van der Waals surface area contributed by atoms with Crippen LogP contribution in [0, 0.1) is 0 Å². The lowest BCUT2D eigenvalue weighted by Gasteiger charge is -2.24. The summed E-state index contributed by atoms with van der Waals surface area (Å²) in [5.41, 5.74) is 6.20. The molecule has 0 aromatic carbocycles. The summed E-state index contributed by atoms with van der Waals surface area (Å²) in [5, 5.41) is 0. The van der Waals surface area contributed by atoms with Gasteiger partial charge in [0.2, 0.25) is 5.88 Å². The Morgan fingerprint density at radius 3 is 2.35 bits per heavy atom. The van der Waals surface area contributed by atoms with Crippen LogP contribution >= 0.6 is 0 Å². The maximum atomic E-state index is 5.92. The average molecular weight is 280 g/mol. The number of nitrogens with zero attached hydrogens (tertiary/aromatic N) is 3. The molecule has 1 heterocycles. The van der Waals surface area contributed by atoms with E-state index in [-0.39, 0.29) is 5.60 Å². The van der Waals surface area contributed by atoms with Gasteiger partial charge in [-0.2, -0.15) is 4.98 Å². The second-order valence-electron chi connectivity index (χ2n) is 6.36. The van der Waals surface area contributed by atoms with Crippen molar-refractivity contribution in [2.45, 2.75) is 32.8 Å². The van der Waals surface area contributed by atoms with E-state index >= 15 is 0 Å². The summed E-state index contributed by atoms with van der Waals surface area (Å²) in [6, 6.07) is 3.78. The lowest BCUT2D eigenvalue weighted by Crippen LogP contribution is -2.26. The van der Waals surface area contributed by atoms with Crippen LogP contribution in [0.1, 0.15) is 27.2 Å². The molecule has 1 aromatic rings. The minimum atomic E-state index is -0.302. The van der Waals surface area contributed by atoms with E-state index in [2.05, 4.69) is 28.9 Å². The lowest BCUT2D eigenvalue weighted by molar-refractivity contribution is 0.125. The molecule has 114 valence electrons. The number of nitrogens with two attached hydrogens (primary N) is 1. The van der Waals surface area contributed by atoms with E-state index in [9.17, 15) is 0 Å². The van der Waals surface area contributed by atoms with Gasteiger partial charge in [0.1, 0.15) is 11.4 Å². The van der Waals surface area contributed by atoms with Crippen LogP contribution in [0.5, 0.6) is 5.88 Å². The molecule has 0 fully saturated rings. The van der Waals surface area contributed by atoms with Gasteiger partial charge in [0, 0.05) is 13.6 Å². The second-order valence-corrected chi connectivity index (χ2v) is 6.36. The molecular weight excluding hydrogens is 252 g/mol. The minimum absolute atomic E-state index is 0.302. The molecule has 0 atom stereocenters. The van der Waals surface area contributed by atoms with Gasteiger partial charge in [-0.15, -0.1) is 0 Å². The van der Waals surface area contributed by atoms with Crippen molar-refractivity contribution in [3.8, 4) is 5.88 Å². The van der Waals surface area contributed by atoms with Crippen molar-refractivity contribution in [2.24, 2.45) is 0 Å². The highest BCUT2D eigenvalue weighted by Crippen LogP contribution is 2.26. The Labute approximate surface area is 122 Å². The maximum Gasteiger partial charge on any atom is 0.239 e. The predicted octanol–water partition coefficient (Wildman–Crippen LogP) is 2.23. The number of hydrogen-bond donors (Lipinski definition) is 1. The van der Waals surface area contributed by atoms with E-state index in [1.54, 1.807) is 0 Å². The summed E-state index contributed by atoms with van der Waals surface area (Å²) in [7, 11) is 6.20. The van der Waals surface area contributed by atoms with E-state index in [1.165, 1.54) is 0 Å². The largest absolute Gasteiger partial charge is 0.470 e. The summed E-state index contributed by atoms with van der Waals surface area (Å²) in [5.74, 6) is 1.40. The van der Waals surface area contributed by atoms with Crippen LogP contribution in [-0.4, -0.2) is 49.7 Å². The zero-order valence-electron chi connectivity index (χ0n) is 13.6. The molecule has 5 heteroatoms. The van der Waals surface area contributed by atoms with Crippen molar-refractivity contribution >= 4 is 11.5 Å². The highest BCUT2D eigenvalue weighted by Gasteiger charge is 2.16. The first-order valence-electron chi connectivity index (χ1n) is 7.00. The Kier molecular flexibility index (Phi) is 5.62. The zero-order valence-corrected chi connectivity index (χ0v) is 13.6. The van der Waals surface area contributed by atoms with Crippen LogP contribution in [0.15, 0.2) is 12.1 Å². The third-order valence-electron chi connectivity index (χ3n) is 2.77. The minimum Gasteiger partial charge on any atom is -0.470 e. The Balaban J connectivity index is 2.73. The number of anilines is 2. The molecule has 2 N–H and O–H groups in total. The molecule has 0 radical (unpaired) electrons. The van der Waals surface area contributed by atoms with Gasteiger partial charge >= 0.3 is 0 Å². The highest BCUT2D eigenvalue weighted by molar-refractivity contribution is 5.54. The molecule has 0 saturated heterocycles. The highest BCUT2D eigenvalue weighted by atomic mass is 16.5. The van der Waals surface area contributed by atoms with E-state index < -0.39 is 0 Å². The third kappa shape index (κ3) is 5.65. The Morgan fingerprint density at radius 2 is 1.80 bits per heavy atom. The number of ether oxygens (including phenoxy) is 1. The number of aromatic nitrogens is 1. The Hall–Kier alpha value is -1.49. The van der Waals surface area contributed by atoms with Gasteiger partial charge < -0.3 is 20.3 Å². The van der Waals surface area contributed by atoms with Crippen molar-refractivity contribution in [3.05, 3.63) is 12.1 Å². The summed E-state index contributed by atoms with van der Waals surface area (Å²) in [4.78, 5) is 8.82. The number of hydrogen-bond acceptors (Lipinski definition) is 5. The quantitative estimate of drug-likeness (QED) is 0.866. The summed E-state index contributed by atoms with van der Waals surface area (Å²) in [6.45, 7) is 7.97. The molecule has 0 spiro atoms. The van der Waals surface area contributed by atoms with Gasteiger partial charge in [0.15, 0.2) is 0 Å². The standard InChI is InChI=1S/C15H28N4O/c1-15(2,3)20-14-12(16)8-9-13(17-14)19(6)11-7-10-18(4)5/h8-9H,7,10-11,16H2,1-6H3. The maximum absolute atomic E-state index is 5.92. The van der Waals surface area contributed by atoms with Gasteiger partial charge in [0.25, 0.3) is 0 Å². The molecule has 0 saturated carbocycles. The Morgan fingerprint density at radius 1 is 1.15 bits per heavy atom. The fourth-order valence-corrected chi connectivity index (χ4v) is 1.76. The normalized spacial score (nSPS) is 11.8. The molecule has 0 unspecified atom stereocenters. The summed E-state index contributed by atoms with van der Waals surface area (Å²) < 4.78 is 5.79. The van der Waals surface area contributed by atoms with E-state index in [1.807, 2.05) is 40.0 Å². The van der Waals surface area contributed by atoms with E-state index in [0.29, 0.717) is 11.6 Å².